The molecule has 0 aliphatic rings. The molecule has 0 aromatic carbocycles. The van der Waals surface area contributed by atoms with Crippen LogP contribution in [0.15, 0.2) is 28.6 Å². The molecule has 0 fully saturated rings. The molecule has 76 valence electrons. The third kappa shape index (κ3) is 2.96. The number of hydrogen-bond donors (Lipinski definition) is 1. The Bertz CT molecular complexity index is 335. The molecule has 4 heteroatoms. The fraction of sp³-hybridized carbons (Fsp3) is 0.300. The van der Waals surface area contributed by atoms with Gasteiger partial charge in [0.15, 0.2) is 0 Å². The van der Waals surface area contributed by atoms with Crippen molar-refractivity contribution in [2.75, 3.05) is 0 Å². The Hall–Kier alpha value is -0.610. The van der Waals surface area contributed by atoms with Gasteiger partial charge in [0.05, 0.1) is 0 Å². The summed E-state index contributed by atoms with van der Waals surface area (Å²) in [6.07, 6.45) is 2.59. The molecule has 1 aromatic heterocycles. The van der Waals surface area contributed by atoms with Crippen LogP contribution in [0.4, 0.5) is 0 Å². The highest BCUT2D eigenvalue weighted by Gasteiger charge is 2.12. The zero-order valence-corrected chi connectivity index (χ0v) is 10.3. The van der Waals surface area contributed by atoms with Crippen molar-refractivity contribution in [3.05, 3.63) is 33.5 Å². The van der Waals surface area contributed by atoms with E-state index < -0.39 is 0 Å². The van der Waals surface area contributed by atoms with Gasteiger partial charge < -0.3 is 5.32 Å². The number of carbonyl (C=O) groups is 1. The van der Waals surface area contributed by atoms with Gasteiger partial charge in [-0.1, -0.05) is 6.08 Å². The van der Waals surface area contributed by atoms with Crippen LogP contribution in [0, 0.1) is 0 Å². The lowest BCUT2D eigenvalue weighted by atomic mass is 10.2. The molecule has 1 amide bonds. The van der Waals surface area contributed by atoms with E-state index in [4.69, 9.17) is 0 Å². The molecule has 0 saturated carbocycles. The van der Waals surface area contributed by atoms with Gasteiger partial charge in [0.1, 0.15) is 4.88 Å². The molecule has 1 heterocycles. The van der Waals surface area contributed by atoms with Gasteiger partial charge in [-0.05, 0) is 40.7 Å². The van der Waals surface area contributed by atoms with Crippen molar-refractivity contribution in [1.82, 2.24) is 5.32 Å². The highest BCUT2D eigenvalue weighted by molar-refractivity contribution is 9.10. The Balaban J connectivity index is 2.59. The van der Waals surface area contributed by atoms with E-state index in [9.17, 15) is 4.79 Å². The van der Waals surface area contributed by atoms with E-state index in [2.05, 4.69) is 27.8 Å². The molecule has 0 aliphatic carbocycles. The molecule has 0 saturated heterocycles. The maximum Gasteiger partial charge on any atom is 0.262 e. The summed E-state index contributed by atoms with van der Waals surface area (Å²) in [6, 6.07) is 2.01. The topological polar surface area (TPSA) is 29.1 Å². The van der Waals surface area contributed by atoms with Crippen LogP contribution in [0.2, 0.25) is 0 Å². The quantitative estimate of drug-likeness (QED) is 0.839. The number of halogens is 1. The largest absolute Gasteiger partial charge is 0.349 e. The molecule has 0 aliphatic heterocycles. The number of nitrogens with one attached hydrogen (secondary N) is 1. The first-order valence-corrected chi connectivity index (χ1v) is 5.97. The smallest absolute Gasteiger partial charge is 0.262 e. The Morgan fingerprint density at radius 3 is 3.07 bits per heavy atom. The minimum Gasteiger partial charge on any atom is -0.349 e. The predicted octanol–water partition coefficient (Wildman–Crippen LogP) is 3.21. The van der Waals surface area contributed by atoms with Gasteiger partial charge >= 0.3 is 0 Å². The van der Waals surface area contributed by atoms with Crippen LogP contribution in [-0.4, -0.2) is 11.9 Å². The summed E-state index contributed by atoms with van der Waals surface area (Å²) in [5.74, 6) is -0.0266. The lowest BCUT2D eigenvalue weighted by Crippen LogP contribution is -2.31. The minimum atomic E-state index is -0.0266. The van der Waals surface area contributed by atoms with E-state index in [0.717, 1.165) is 15.8 Å². The monoisotopic (exact) mass is 273 g/mol. The standard InChI is InChI=1S/C10H12BrNOS/c1-3-4-7(2)12-10(13)9-8(11)5-6-14-9/h3,5-7H,1,4H2,2H3,(H,12,13). The number of rotatable bonds is 4. The Morgan fingerprint density at radius 2 is 2.57 bits per heavy atom. The first kappa shape index (κ1) is 11.5. The average molecular weight is 274 g/mol. The maximum atomic E-state index is 11.6. The van der Waals surface area contributed by atoms with Crippen LogP contribution in [0.1, 0.15) is 23.0 Å². The van der Waals surface area contributed by atoms with Crippen molar-refractivity contribution < 1.29 is 4.79 Å². The fourth-order valence-corrected chi connectivity index (χ4v) is 2.51. The van der Waals surface area contributed by atoms with Crippen molar-refractivity contribution in [2.24, 2.45) is 0 Å². The summed E-state index contributed by atoms with van der Waals surface area (Å²) in [5.41, 5.74) is 0. The zero-order chi connectivity index (χ0) is 10.6. The summed E-state index contributed by atoms with van der Waals surface area (Å²) in [6.45, 7) is 5.59. The van der Waals surface area contributed by atoms with Gasteiger partial charge in [-0.3, -0.25) is 4.79 Å². The summed E-state index contributed by atoms with van der Waals surface area (Å²) in [7, 11) is 0. The molecular formula is C10H12BrNOS. The Morgan fingerprint density at radius 1 is 1.86 bits per heavy atom. The van der Waals surface area contributed by atoms with Crippen molar-refractivity contribution in [3.63, 3.8) is 0 Å². The highest BCUT2D eigenvalue weighted by atomic mass is 79.9. The van der Waals surface area contributed by atoms with Gasteiger partial charge in [0.25, 0.3) is 5.91 Å². The van der Waals surface area contributed by atoms with E-state index >= 15 is 0 Å². The molecule has 1 atom stereocenters. The van der Waals surface area contributed by atoms with E-state index in [-0.39, 0.29) is 11.9 Å². The lowest BCUT2D eigenvalue weighted by Gasteiger charge is -2.10. The highest BCUT2D eigenvalue weighted by Crippen LogP contribution is 2.22. The molecule has 0 spiro atoms. The number of carbonyl (C=O) groups excluding carboxylic acids is 1. The van der Waals surface area contributed by atoms with Crippen LogP contribution >= 0.6 is 27.3 Å². The van der Waals surface area contributed by atoms with Crippen LogP contribution in [0.5, 0.6) is 0 Å². The Kier molecular flexibility index (Phi) is 4.35. The van der Waals surface area contributed by atoms with E-state index in [1.165, 1.54) is 11.3 Å². The van der Waals surface area contributed by atoms with Crippen molar-refractivity contribution >= 4 is 33.2 Å². The molecule has 0 radical (unpaired) electrons. The molecule has 14 heavy (non-hydrogen) atoms. The maximum absolute atomic E-state index is 11.6. The molecule has 1 aromatic rings. The molecular weight excluding hydrogens is 262 g/mol. The number of thiophene rings is 1. The second kappa shape index (κ2) is 5.32. The summed E-state index contributed by atoms with van der Waals surface area (Å²) in [4.78, 5) is 12.4. The lowest BCUT2D eigenvalue weighted by molar-refractivity contribution is 0.0944. The molecule has 2 nitrogen and oxygen atoms in total. The minimum absolute atomic E-state index is 0.0266. The van der Waals surface area contributed by atoms with Crippen LogP contribution in [0.25, 0.3) is 0 Å². The van der Waals surface area contributed by atoms with Crippen LogP contribution in [0.3, 0.4) is 0 Å². The summed E-state index contributed by atoms with van der Waals surface area (Å²) in [5, 5.41) is 4.78. The third-order valence-corrected chi connectivity index (χ3v) is 3.56. The Labute approximate surface area is 96.2 Å². The second-order valence-corrected chi connectivity index (χ2v) is 4.77. The third-order valence-electron chi connectivity index (χ3n) is 1.72. The van der Waals surface area contributed by atoms with E-state index in [0.29, 0.717) is 0 Å². The van der Waals surface area contributed by atoms with Gasteiger partial charge in [0, 0.05) is 10.5 Å². The number of hydrogen-bond acceptors (Lipinski definition) is 2. The number of amides is 1. The zero-order valence-electron chi connectivity index (χ0n) is 7.92. The van der Waals surface area contributed by atoms with Gasteiger partial charge in [-0.15, -0.1) is 17.9 Å². The first-order valence-electron chi connectivity index (χ1n) is 4.30. The average Bonchev–Trinajstić information content (AvgIpc) is 2.51. The van der Waals surface area contributed by atoms with Gasteiger partial charge in [0.2, 0.25) is 0 Å². The fourth-order valence-electron chi connectivity index (χ4n) is 1.05. The van der Waals surface area contributed by atoms with Crippen molar-refractivity contribution in [3.8, 4) is 0 Å². The molecule has 1 N–H and O–H groups in total. The van der Waals surface area contributed by atoms with Crippen molar-refractivity contribution in [2.45, 2.75) is 19.4 Å². The molecule has 1 unspecified atom stereocenters. The van der Waals surface area contributed by atoms with E-state index in [1.54, 1.807) is 6.08 Å². The molecule has 0 bridgehead atoms. The SMILES string of the molecule is C=CCC(C)NC(=O)c1sccc1Br. The molecule has 1 rings (SSSR count). The van der Waals surface area contributed by atoms with E-state index in [1.807, 2.05) is 18.4 Å². The first-order chi connectivity index (χ1) is 6.65. The normalized spacial score (nSPS) is 12.1. The van der Waals surface area contributed by atoms with Crippen LogP contribution < -0.4 is 5.32 Å². The van der Waals surface area contributed by atoms with Gasteiger partial charge in [-0.25, -0.2) is 0 Å². The summed E-state index contributed by atoms with van der Waals surface area (Å²) >= 11 is 4.76. The summed E-state index contributed by atoms with van der Waals surface area (Å²) < 4.78 is 0.853. The van der Waals surface area contributed by atoms with Crippen LogP contribution in [-0.2, 0) is 0 Å². The van der Waals surface area contributed by atoms with Gasteiger partial charge in [-0.2, -0.15) is 0 Å². The van der Waals surface area contributed by atoms with Crippen molar-refractivity contribution in [1.29, 1.82) is 0 Å². The predicted molar refractivity (Wildman–Crippen MR) is 63.8 cm³/mol. The second-order valence-electron chi connectivity index (χ2n) is 3.00.